The summed E-state index contributed by atoms with van der Waals surface area (Å²) in [6.45, 7) is 4.33. The fourth-order valence-electron chi connectivity index (χ4n) is 3.28. The number of hydrogen-bond donors (Lipinski definition) is 2. The average Bonchev–Trinajstić information content (AvgIpc) is 3.28. The molecule has 156 valence electrons. The summed E-state index contributed by atoms with van der Waals surface area (Å²) < 4.78 is 8.97. The van der Waals surface area contributed by atoms with Crippen LogP contribution in [0, 0.1) is 0 Å². The Morgan fingerprint density at radius 3 is 2.90 bits per heavy atom. The van der Waals surface area contributed by atoms with E-state index in [-0.39, 0.29) is 0 Å². The van der Waals surface area contributed by atoms with Gasteiger partial charge in [-0.05, 0) is 38.1 Å². The van der Waals surface area contributed by atoms with E-state index in [2.05, 4.69) is 15.4 Å². The van der Waals surface area contributed by atoms with Crippen LogP contribution in [0.1, 0.15) is 19.4 Å². The number of methoxy groups -OCH3 is 1. The average molecular weight is 427 g/mol. The molecule has 0 saturated heterocycles. The second-order valence-corrected chi connectivity index (χ2v) is 8.09. The van der Waals surface area contributed by atoms with Gasteiger partial charge in [0.1, 0.15) is 11.4 Å². The van der Waals surface area contributed by atoms with Gasteiger partial charge in [-0.15, -0.1) is 0 Å². The lowest BCUT2D eigenvalue weighted by molar-refractivity contribution is 0.0578. The molecule has 0 amide bonds. The normalized spacial score (nSPS) is 11.8. The first-order valence-corrected chi connectivity index (χ1v) is 9.87. The molecule has 0 aliphatic carbocycles. The van der Waals surface area contributed by atoms with E-state index in [1.807, 2.05) is 30.6 Å². The van der Waals surface area contributed by atoms with Crippen LogP contribution in [0.25, 0.3) is 16.9 Å². The molecule has 0 aliphatic heterocycles. The van der Waals surface area contributed by atoms with Crippen LogP contribution in [0.5, 0.6) is 5.75 Å². The van der Waals surface area contributed by atoms with E-state index in [9.17, 15) is 5.11 Å². The zero-order valence-corrected chi connectivity index (χ0v) is 17.8. The Morgan fingerprint density at radius 1 is 1.30 bits per heavy atom. The smallest absolute Gasteiger partial charge is 0.159 e. The van der Waals surface area contributed by atoms with Crippen molar-refractivity contribution in [2.24, 2.45) is 0 Å². The van der Waals surface area contributed by atoms with Crippen LogP contribution in [0.4, 0.5) is 5.69 Å². The second-order valence-electron chi connectivity index (χ2n) is 7.66. The molecular formula is C21H23ClN6O2. The van der Waals surface area contributed by atoms with E-state index in [1.165, 1.54) is 0 Å². The first-order chi connectivity index (χ1) is 14.3. The van der Waals surface area contributed by atoms with Crippen molar-refractivity contribution in [3.8, 4) is 17.0 Å². The zero-order chi connectivity index (χ0) is 21.3. The van der Waals surface area contributed by atoms with Crippen LogP contribution in [-0.4, -0.2) is 42.2 Å². The number of aliphatic hydroxyl groups is 1. The van der Waals surface area contributed by atoms with Crippen molar-refractivity contribution in [2.45, 2.75) is 32.5 Å². The molecule has 1 aromatic carbocycles. The lowest BCUT2D eigenvalue weighted by atomic mass is 10.1. The van der Waals surface area contributed by atoms with Gasteiger partial charge in [0, 0.05) is 41.3 Å². The van der Waals surface area contributed by atoms with Crippen LogP contribution >= 0.6 is 11.6 Å². The number of nitrogens with zero attached hydrogens (tertiary/aromatic N) is 5. The third-order valence-electron chi connectivity index (χ3n) is 4.55. The van der Waals surface area contributed by atoms with E-state index in [1.54, 1.807) is 48.6 Å². The summed E-state index contributed by atoms with van der Waals surface area (Å²) in [4.78, 5) is 4.40. The van der Waals surface area contributed by atoms with E-state index in [4.69, 9.17) is 21.4 Å². The monoisotopic (exact) mass is 426 g/mol. The van der Waals surface area contributed by atoms with Crippen LogP contribution in [0.3, 0.4) is 0 Å². The maximum Gasteiger partial charge on any atom is 0.159 e. The minimum absolute atomic E-state index is 0.336. The molecule has 0 atom stereocenters. The van der Waals surface area contributed by atoms with Gasteiger partial charge in [0.05, 0.1) is 31.1 Å². The number of rotatable bonds is 7. The number of anilines is 1. The van der Waals surface area contributed by atoms with Gasteiger partial charge in [0.2, 0.25) is 0 Å². The number of ether oxygens (including phenoxy) is 1. The third kappa shape index (κ3) is 4.24. The van der Waals surface area contributed by atoms with Crippen LogP contribution in [-0.2, 0) is 13.1 Å². The van der Waals surface area contributed by atoms with Crippen LogP contribution in [0.15, 0.2) is 49.1 Å². The summed E-state index contributed by atoms with van der Waals surface area (Å²) >= 11 is 6.24. The van der Waals surface area contributed by atoms with Gasteiger partial charge in [0.15, 0.2) is 5.65 Å². The molecule has 2 N–H and O–H groups in total. The molecule has 0 aliphatic rings. The van der Waals surface area contributed by atoms with Crippen molar-refractivity contribution in [1.29, 1.82) is 0 Å². The van der Waals surface area contributed by atoms with E-state index in [0.29, 0.717) is 29.6 Å². The minimum atomic E-state index is -0.911. The minimum Gasteiger partial charge on any atom is -0.496 e. The topological polar surface area (TPSA) is 89.5 Å². The first kappa shape index (κ1) is 20.2. The zero-order valence-electron chi connectivity index (χ0n) is 17.0. The van der Waals surface area contributed by atoms with Crippen LogP contribution in [0.2, 0.25) is 5.02 Å². The molecule has 0 bridgehead atoms. The van der Waals surface area contributed by atoms with Crippen LogP contribution < -0.4 is 10.1 Å². The summed E-state index contributed by atoms with van der Waals surface area (Å²) in [5.74, 6) is 0.661. The first-order valence-electron chi connectivity index (χ1n) is 9.49. The maximum atomic E-state index is 10.2. The Morgan fingerprint density at radius 2 is 2.13 bits per heavy atom. The SMILES string of the molecule is COc1ccc(Cl)cc1-c1nn(CC(C)(C)O)cc1NCc1cnn2cccnc12. The highest BCUT2D eigenvalue weighted by Crippen LogP contribution is 2.36. The number of nitrogens with one attached hydrogen (secondary N) is 1. The number of halogens is 1. The molecule has 0 spiro atoms. The van der Waals surface area contributed by atoms with Crippen molar-refractivity contribution < 1.29 is 9.84 Å². The molecule has 3 aromatic heterocycles. The summed E-state index contributed by atoms with van der Waals surface area (Å²) in [7, 11) is 1.61. The summed E-state index contributed by atoms with van der Waals surface area (Å²) in [5, 5.41) is 23.3. The largest absolute Gasteiger partial charge is 0.496 e. The Kier molecular flexibility index (Phi) is 5.36. The number of aromatic nitrogens is 5. The predicted octanol–water partition coefficient (Wildman–Crippen LogP) is 3.64. The van der Waals surface area contributed by atoms with E-state index >= 15 is 0 Å². The highest BCUT2D eigenvalue weighted by atomic mass is 35.5. The van der Waals surface area contributed by atoms with Gasteiger partial charge in [-0.1, -0.05) is 11.6 Å². The summed E-state index contributed by atoms with van der Waals surface area (Å²) in [6.07, 6.45) is 7.25. The Balaban J connectivity index is 1.71. The fourth-order valence-corrected chi connectivity index (χ4v) is 3.46. The van der Waals surface area contributed by atoms with Gasteiger partial charge in [0.25, 0.3) is 0 Å². The van der Waals surface area contributed by atoms with Gasteiger partial charge < -0.3 is 15.2 Å². The quantitative estimate of drug-likeness (QED) is 0.469. The Bertz CT molecular complexity index is 1180. The highest BCUT2D eigenvalue weighted by Gasteiger charge is 2.20. The fraction of sp³-hybridized carbons (Fsp3) is 0.286. The van der Waals surface area contributed by atoms with Gasteiger partial charge in [-0.2, -0.15) is 10.2 Å². The molecule has 30 heavy (non-hydrogen) atoms. The standard InChI is InChI=1S/C21H23ClN6O2/c1-21(2,29)13-27-12-17(19(26-27)16-9-15(22)5-6-18(16)30-3)24-10-14-11-25-28-8-4-7-23-20(14)28/h4-9,11-12,24,29H,10,13H2,1-3H3. The Labute approximate surface area is 179 Å². The lowest BCUT2D eigenvalue weighted by Crippen LogP contribution is -2.26. The molecule has 0 unspecified atom stereocenters. The van der Waals surface area contributed by atoms with Gasteiger partial charge >= 0.3 is 0 Å². The van der Waals surface area contributed by atoms with Crippen molar-refractivity contribution in [3.05, 3.63) is 59.6 Å². The molecule has 0 saturated carbocycles. The Hall–Kier alpha value is -3.10. The van der Waals surface area contributed by atoms with Crippen molar-refractivity contribution >= 4 is 22.9 Å². The van der Waals surface area contributed by atoms with Crippen molar-refractivity contribution in [3.63, 3.8) is 0 Å². The summed E-state index contributed by atoms with van der Waals surface area (Å²) in [5.41, 5.74) is 3.06. The van der Waals surface area contributed by atoms with Gasteiger partial charge in [-0.25, -0.2) is 9.50 Å². The van der Waals surface area contributed by atoms with Gasteiger partial charge in [-0.3, -0.25) is 4.68 Å². The molecule has 0 radical (unpaired) electrons. The second kappa shape index (κ2) is 7.97. The summed E-state index contributed by atoms with van der Waals surface area (Å²) in [6, 6.07) is 7.24. The molecule has 3 heterocycles. The predicted molar refractivity (Wildman–Crippen MR) is 116 cm³/mol. The van der Waals surface area contributed by atoms with Crippen molar-refractivity contribution in [2.75, 3.05) is 12.4 Å². The third-order valence-corrected chi connectivity index (χ3v) is 4.78. The number of benzene rings is 1. The van der Waals surface area contributed by atoms with E-state index in [0.717, 1.165) is 22.5 Å². The lowest BCUT2D eigenvalue weighted by Gasteiger charge is -2.16. The number of hydrogen-bond acceptors (Lipinski definition) is 6. The molecule has 0 fully saturated rings. The molecule has 4 aromatic rings. The highest BCUT2D eigenvalue weighted by molar-refractivity contribution is 6.31. The van der Waals surface area contributed by atoms with E-state index < -0.39 is 5.60 Å². The molecule has 9 heteroatoms. The number of fused-ring (bicyclic) bond motifs is 1. The maximum absolute atomic E-state index is 10.2. The molecule has 8 nitrogen and oxygen atoms in total. The molecule has 4 rings (SSSR count). The van der Waals surface area contributed by atoms with Crippen molar-refractivity contribution in [1.82, 2.24) is 24.4 Å². The molecular weight excluding hydrogens is 404 g/mol.